The first kappa shape index (κ1) is 9.54. The van der Waals surface area contributed by atoms with Gasteiger partial charge in [0.2, 0.25) is 0 Å². The zero-order valence-electron chi connectivity index (χ0n) is 6.80. The van der Waals surface area contributed by atoms with E-state index in [1.165, 1.54) is 12.1 Å². The summed E-state index contributed by atoms with van der Waals surface area (Å²) in [5.74, 6) is -1.47. The molecule has 1 atom stereocenters. The summed E-state index contributed by atoms with van der Waals surface area (Å²) in [7, 11) is 0. The summed E-state index contributed by atoms with van der Waals surface area (Å²) >= 11 is 0. The largest absolute Gasteiger partial charge is 0.550 e. The van der Waals surface area contributed by atoms with Crippen LogP contribution in [0.5, 0.6) is 5.75 Å². The van der Waals surface area contributed by atoms with Crippen LogP contribution in [0.3, 0.4) is 0 Å². The lowest BCUT2D eigenvalue weighted by Crippen LogP contribution is -2.24. The summed E-state index contributed by atoms with van der Waals surface area (Å²) in [4.78, 5) is 10.1. The molecule has 0 heterocycles. The molecule has 0 radical (unpaired) electrons. The maximum atomic E-state index is 10.1. The molecule has 1 rings (SSSR count). The van der Waals surface area contributed by atoms with Crippen LogP contribution < -0.4 is 5.11 Å². The van der Waals surface area contributed by atoms with E-state index in [1.807, 2.05) is 0 Å². The summed E-state index contributed by atoms with van der Waals surface area (Å²) in [6.07, 6.45) is -1.73. The third-order valence-electron chi connectivity index (χ3n) is 1.66. The van der Waals surface area contributed by atoms with Crippen molar-refractivity contribution in [1.29, 1.82) is 0 Å². The maximum Gasteiger partial charge on any atom is 0.121 e. The second kappa shape index (κ2) is 3.91. The molecule has 4 nitrogen and oxygen atoms in total. The molecule has 0 spiro atoms. The SMILES string of the molecule is O=C([O-])CC(O)c1ccccc1O. The Hall–Kier alpha value is -1.55. The minimum absolute atomic E-state index is 0.115. The lowest BCUT2D eigenvalue weighted by Gasteiger charge is -2.12. The predicted octanol–water partition coefficient (Wildman–Crippen LogP) is -0.434. The number of carboxylic acids is 1. The van der Waals surface area contributed by atoms with Crippen molar-refractivity contribution in [3.8, 4) is 5.75 Å². The molecule has 1 aromatic rings. The summed E-state index contributed by atoms with van der Waals surface area (Å²) < 4.78 is 0. The standard InChI is InChI=1S/C9H10O4/c10-7-4-2-1-3-6(7)8(11)5-9(12)13/h1-4,8,10-11H,5H2,(H,12,13)/p-1. The van der Waals surface area contributed by atoms with Crippen LogP contribution in [-0.4, -0.2) is 16.2 Å². The Morgan fingerprint density at radius 3 is 2.62 bits per heavy atom. The van der Waals surface area contributed by atoms with Crippen LogP contribution in [-0.2, 0) is 4.79 Å². The molecule has 0 saturated heterocycles. The summed E-state index contributed by atoms with van der Waals surface area (Å²) in [5.41, 5.74) is 0.201. The topological polar surface area (TPSA) is 80.6 Å². The second-order valence-corrected chi connectivity index (χ2v) is 2.65. The zero-order valence-corrected chi connectivity index (χ0v) is 6.80. The molecule has 0 bridgehead atoms. The molecule has 0 fully saturated rings. The lowest BCUT2D eigenvalue weighted by atomic mass is 10.1. The first-order chi connectivity index (χ1) is 6.11. The Bertz CT molecular complexity index is 308. The highest BCUT2D eigenvalue weighted by molar-refractivity contribution is 5.65. The summed E-state index contributed by atoms with van der Waals surface area (Å²) in [6, 6.07) is 6.04. The van der Waals surface area contributed by atoms with E-state index in [9.17, 15) is 20.1 Å². The molecule has 4 heteroatoms. The van der Waals surface area contributed by atoms with Gasteiger partial charge < -0.3 is 20.1 Å². The first-order valence-corrected chi connectivity index (χ1v) is 3.77. The van der Waals surface area contributed by atoms with E-state index in [1.54, 1.807) is 12.1 Å². The number of hydrogen-bond donors (Lipinski definition) is 2. The van der Waals surface area contributed by atoms with Crippen molar-refractivity contribution in [2.45, 2.75) is 12.5 Å². The van der Waals surface area contributed by atoms with Crippen LogP contribution in [0.4, 0.5) is 0 Å². The van der Waals surface area contributed by atoms with Gasteiger partial charge in [-0.25, -0.2) is 0 Å². The van der Waals surface area contributed by atoms with E-state index in [-0.39, 0.29) is 11.3 Å². The number of benzene rings is 1. The Balaban J connectivity index is 2.82. The average molecular weight is 181 g/mol. The van der Waals surface area contributed by atoms with E-state index >= 15 is 0 Å². The summed E-state index contributed by atoms with van der Waals surface area (Å²) in [5, 5.41) is 28.7. The van der Waals surface area contributed by atoms with Crippen molar-refractivity contribution in [2.24, 2.45) is 0 Å². The molecular formula is C9H9O4-. The van der Waals surface area contributed by atoms with Crippen molar-refractivity contribution in [3.05, 3.63) is 29.8 Å². The number of aliphatic carboxylic acids is 1. The van der Waals surface area contributed by atoms with Gasteiger partial charge in [-0.3, -0.25) is 0 Å². The number of phenols is 1. The Morgan fingerprint density at radius 2 is 2.08 bits per heavy atom. The van der Waals surface area contributed by atoms with Gasteiger partial charge in [0.25, 0.3) is 0 Å². The van der Waals surface area contributed by atoms with E-state index in [2.05, 4.69) is 0 Å². The molecule has 1 aromatic carbocycles. The highest BCUT2D eigenvalue weighted by atomic mass is 16.4. The second-order valence-electron chi connectivity index (χ2n) is 2.65. The number of rotatable bonds is 3. The summed E-state index contributed by atoms with van der Waals surface area (Å²) in [6.45, 7) is 0. The van der Waals surface area contributed by atoms with E-state index in [0.29, 0.717) is 0 Å². The van der Waals surface area contributed by atoms with E-state index in [4.69, 9.17) is 0 Å². The van der Waals surface area contributed by atoms with Gasteiger partial charge in [0, 0.05) is 18.0 Å². The quantitative estimate of drug-likeness (QED) is 0.662. The molecule has 1 unspecified atom stereocenters. The lowest BCUT2D eigenvalue weighted by molar-refractivity contribution is -0.307. The predicted molar refractivity (Wildman–Crippen MR) is 42.7 cm³/mol. The fourth-order valence-electron chi connectivity index (χ4n) is 1.04. The minimum Gasteiger partial charge on any atom is -0.550 e. The van der Waals surface area contributed by atoms with Gasteiger partial charge in [0.1, 0.15) is 5.75 Å². The van der Waals surface area contributed by atoms with Gasteiger partial charge >= 0.3 is 0 Å². The van der Waals surface area contributed by atoms with Crippen molar-refractivity contribution in [1.82, 2.24) is 0 Å². The van der Waals surface area contributed by atoms with Crippen LogP contribution in [0.2, 0.25) is 0 Å². The molecule has 70 valence electrons. The number of phenolic OH excluding ortho intramolecular Hbond substituents is 1. The van der Waals surface area contributed by atoms with Crippen LogP contribution in [0.1, 0.15) is 18.1 Å². The van der Waals surface area contributed by atoms with Gasteiger partial charge in [0.15, 0.2) is 0 Å². The van der Waals surface area contributed by atoms with Crippen LogP contribution >= 0.6 is 0 Å². The van der Waals surface area contributed by atoms with Gasteiger partial charge in [-0.15, -0.1) is 0 Å². The molecular weight excluding hydrogens is 172 g/mol. The van der Waals surface area contributed by atoms with Crippen molar-refractivity contribution < 1.29 is 20.1 Å². The highest BCUT2D eigenvalue weighted by Gasteiger charge is 2.11. The first-order valence-electron chi connectivity index (χ1n) is 3.77. The number of aliphatic hydroxyl groups is 1. The van der Waals surface area contributed by atoms with Gasteiger partial charge in [0.05, 0.1) is 6.10 Å². The maximum absolute atomic E-state index is 10.1. The molecule has 0 aliphatic carbocycles. The number of carbonyl (C=O) groups is 1. The van der Waals surface area contributed by atoms with Crippen LogP contribution in [0.25, 0.3) is 0 Å². The van der Waals surface area contributed by atoms with E-state index in [0.717, 1.165) is 0 Å². The molecule has 13 heavy (non-hydrogen) atoms. The smallest absolute Gasteiger partial charge is 0.121 e. The Morgan fingerprint density at radius 1 is 1.46 bits per heavy atom. The average Bonchev–Trinajstić information content (AvgIpc) is 2.03. The van der Waals surface area contributed by atoms with Crippen molar-refractivity contribution >= 4 is 5.97 Å². The molecule has 0 aliphatic rings. The number of carbonyl (C=O) groups excluding carboxylic acids is 1. The van der Waals surface area contributed by atoms with Gasteiger partial charge in [-0.1, -0.05) is 18.2 Å². The van der Waals surface area contributed by atoms with Crippen LogP contribution in [0, 0.1) is 0 Å². The van der Waals surface area contributed by atoms with Gasteiger partial charge in [-0.2, -0.15) is 0 Å². The number of aliphatic hydroxyl groups excluding tert-OH is 1. The van der Waals surface area contributed by atoms with Gasteiger partial charge in [-0.05, 0) is 6.07 Å². The Kier molecular flexibility index (Phi) is 2.87. The number of carboxylic acid groups (broad SMARTS) is 1. The zero-order chi connectivity index (χ0) is 9.84. The fourth-order valence-corrected chi connectivity index (χ4v) is 1.04. The third-order valence-corrected chi connectivity index (χ3v) is 1.66. The number of aromatic hydroxyl groups is 1. The molecule has 0 saturated carbocycles. The highest BCUT2D eigenvalue weighted by Crippen LogP contribution is 2.25. The van der Waals surface area contributed by atoms with E-state index < -0.39 is 18.5 Å². The van der Waals surface area contributed by atoms with Crippen molar-refractivity contribution in [3.63, 3.8) is 0 Å². The molecule has 0 aromatic heterocycles. The van der Waals surface area contributed by atoms with Crippen molar-refractivity contribution in [2.75, 3.05) is 0 Å². The fraction of sp³-hybridized carbons (Fsp3) is 0.222. The number of hydrogen-bond acceptors (Lipinski definition) is 4. The third kappa shape index (κ3) is 2.45. The Labute approximate surface area is 75.1 Å². The molecule has 0 amide bonds. The molecule has 0 aliphatic heterocycles. The van der Waals surface area contributed by atoms with Crippen LogP contribution in [0.15, 0.2) is 24.3 Å². The molecule has 2 N–H and O–H groups in total. The number of para-hydroxylation sites is 1. The minimum atomic E-state index is -1.35. The normalized spacial score (nSPS) is 12.4. The monoisotopic (exact) mass is 181 g/mol.